The number of amides is 1. The van der Waals surface area contributed by atoms with E-state index in [1.807, 2.05) is 61.5 Å². The molecule has 1 saturated carbocycles. The van der Waals surface area contributed by atoms with Gasteiger partial charge in [-0.2, -0.15) is 0 Å². The van der Waals surface area contributed by atoms with Gasteiger partial charge in [-0.25, -0.2) is 0 Å². The van der Waals surface area contributed by atoms with E-state index in [-0.39, 0.29) is 16.7 Å². The van der Waals surface area contributed by atoms with E-state index in [1.165, 1.54) is 0 Å². The highest BCUT2D eigenvalue weighted by Crippen LogP contribution is 2.36. The number of carbonyl (C=O) groups is 1. The zero-order valence-electron chi connectivity index (χ0n) is 18.0. The Labute approximate surface area is 184 Å². The number of ether oxygens (including phenoxy) is 1. The Morgan fingerprint density at radius 3 is 2.27 bits per heavy atom. The molecule has 0 aliphatic heterocycles. The first-order chi connectivity index (χ1) is 14.2. The molecule has 30 heavy (non-hydrogen) atoms. The van der Waals surface area contributed by atoms with Crippen molar-refractivity contribution in [2.75, 3.05) is 6.61 Å². The first-order valence-corrected chi connectivity index (χ1v) is 11.1. The van der Waals surface area contributed by atoms with Crippen LogP contribution in [0.25, 0.3) is 0 Å². The van der Waals surface area contributed by atoms with Crippen molar-refractivity contribution in [3.8, 4) is 5.75 Å². The maximum absolute atomic E-state index is 12.9. The molecule has 1 aliphatic carbocycles. The molecule has 1 fully saturated rings. The van der Waals surface area contributed by atoms with Crippen LogP contribution in [0.3, 0.4) is 0 Å². The molecule has 1 amide bonds. The van der Waals surface area contributed by atoms with Crippen LogP contribution in [0.4, 0.5) is 0 Å². The Bertz CT molecular complexity index is 824. The van der Waals surface area contributed by atoms with Gasteiger partial charge < -0.3 is 15.2 Å². The Morgan fingerprint density at radius 1 is 1.10 bits per heavy atom. The number of carbonyl (C=O) groups excluding carboxylic acids is 1. The summed E-state index contributed by atoms with van der Waals surface area (Å²) in [5.74, 6) is 0.299. The summed E-state index contributed by atoms with van der Waals surface area (Å²) in [7, 11) is 0. The maximum atomic E-state index is 12.9. The van der Waals surface area contributed by atoms with Gasteiger partial charge in [-0.1, -0.05) is 55.3 Å². The zero-order valence-corrected chi connectivity index (χ0v) is 18.8. The smallest absolute Gasteiger partial charge is 0.227 e. The van der Waals surface area contributed by atoms with Gasteiger partial charge >= 0.3 is 0 Å². The fraction of sp³-hybridized carbons (Fsp3) is 0.480. The molecule has 2 atom stereocenters. The third kappa shape index (κ3) is 5.77. The van der Waals surface area contributed by atoms with Crippen LogP contribution in [0, 0.1) is 0 Å². The van der Waals surface area contributed by atoms with Crippen molar-refractivity contribution in [2.24, 2.45) is 0 Å². The van der Waals surface area contributed by atoms with Crippen LogP contribution in [-0.2, 0) is 4.79 Å². The van der Waals surface area contributed by atoms with Crippen LogP contribution < -0.4 is 10.1 Å². The summed E-state index contributed by atoms with van der Waals surface area (Å²) in [4.78, 5) is 12.6. The molecular formula is C25H32ClNO3. The van der Waals surface area contributed by atoms with Gasteiger partial charge in [-0.3, -0.25) is 4.79 Å². The van der Waals surface area contributed by atoms with Crippen molar-refractivity contribution in [3.63, 3.8) is 0 Å². The SMILES string of the molecule is C[C@H](C(=O)N[C@H](c1ccc(OCC2(Cl)CCCC2)cc1)C(C)(C)O)c1ccccc1. The molecule has 3 rings (SSSR count). The number of aliphatic hydroxyl groups is 1. The second-order valence-corrected chi connectivity index (χ2v) is 9.75. The molecule has 0 unspecified atom stereocenters. The Morgan fingerprint density at radius 2 is 1.70 bits per heavy atom. The average molecular weight is 430 g/mol. The van der Waals surface area contributed by atoms with E-state index in [2.05, 4.69) is 5.32 Å². The highest BCUT2D eigenvalue weighted by atomic mass is 35.5. The van der Waals surface area contributed by atoms with Crippen molar-refractivity contribution in [1.29, 1.82) is 0 Å². The molecule has 0 spiro atoms. The minimum atomic E-state index is -1.13. The second-order valence-electron chi connectivity index (χ2n) is 8.94. The zero-order chi connectivity index (χ0) is 21.8. The number of nitrogens with one attached hydrogen (secondary N) is 1. The van der Waals surface area contributed by atoms with Gasteiger partial charge in [-0.05, 0) is 56.9 Å². The van der Waals surface area contributed by atoms with E-state index in [1.54, 1.807) is 13.8 Å². The standard InChI is InChI=1S/C25H32ClNO3/c1-18(19-9-5-4-6-10-19)23(28)27-22(24(2,3)29)20-11-13-21(14-12-20)30-17-25(26)15-7-8-16-25/h4-6,9-14,18,22,29H,7-8,15-17H2,1-3H3,(H,27,28)/t18-,22+/m0/s1. The fourth-order valence-electron chi connectivity index (χ4n) is 3.95. The summed E-state index contributed by atoms with van der Waals surface area (Å²) in [6.45, 7) is 5.77. The van der Waals surface area contributed by atoms with Crippen LogP contribution in [0.1, 0.15) is 69.5 Å². The molecular weight excluding hydrogens is 398 g/mol. The van der Waals surface area contributed by atoms with Crippen LogP contribution in [0.2, 0.25) is 0 Å². The lowest BCUT2D eigenvalue weighted by atomic mass is 9.90. The van der Waals surface area contributed by atoms with E-state index in [0.29, 0.717) is 6.61 Å². The van der Waals surface area contributed by atoms with Crippen molar-refractivity contribution in [3.05, 3.63) is 65.7 Å². The molecule has 0 saturated heterocycles. The minimum absolute atomic E-state index is 0.126. The van der Waals surface area contributed by atoms with Crippen LogP contribution in [0.15, 0.2) is 54.6 Å². The molecule has 0 aromatic heterocycles. The quantitative estimate of drug-likeness (QED) is 0.556. The largest absolute Gasteiger partial charge is 0.492 e. The predicted octanol–water partition coefficient (Wildman–Crippen LogP) is 5.35. The van der Waals surface area contributed by atoms with Crippen LogP contribution in [-0.4, -0.2) is 28.1 Å². The van der Waals surface area contributed by atoms with Crippen molar-refractivity contribution in [2.45, 2.75) is 68.9 Å². The highest BCUT2D eigenvalue weighted by molar-refractivity contribution is 6.24. The molecule has 0 radical (unpaired) electrons. The molecule has 2 N–H and O–H groups in total. The van der Waals surface area contributed by atoms with E-state index in [0.717, 1.165) is 42.6 Å². The van der Waals surface area contributed by atoms with Crippen LogP contribution >= 0.6 is 11.6 Å². The monoisotopic (exact) mass is 429 g/mol. The molecule has 2 aromatic rings. The summed E-state index contributed by atoms with van der Waals surface area (Å²) in [5, 5.41) is 13.7. The fourth-order valence-corrected chi connectivity index (χ4v) is 4.27. The van der Waals surface area contributed by atoms with E-state index >= 15 is 0 Å². The van der Waals surface area contributed by atoms with Gasteiger partial charge in [0.25, 0.3) is 0 Å². The summed E-state index contributed by atoms with van der Waals surface area (Å²) < 4.78 is 5.91. The topological polar surface area (TPSA) is 58.6 Å². The summed E-state index contributed by atoms with van der Waals surface area (Å²) in [6, 6.07) is 16.6. The number of rotatable bonds is 8. The molecule has 0 bridgehead atoms. The molecule has 0 heterocycles. The lowest BCUT2D eigenvalue weighted by molar-refractivity contribution is -0.125. The van der Waals surface area contributed by atoms with Crippen molar-refractivity contribution in [1.82, 2.24) is 5.32 Å². The average Bonchev–Trinajstić information content (AvgIpc) is 3.17. The molecule has 2 aromatic carbocycles. The van der Waals surface area contributed by atoms with Gasteiger partial charge in [0, 0.05) is 0 Å². The molecule has 162 valence electrons. The normalized spacial score (nSPS) is 17.9. The van der Waals surface area contributed by atoms with Crippen molar-refractivity contribution < 1.29 is 14.6 Å². The number of benzene rings is 2. The van der Waals surface area contributed by atoms with Crippen molar-refractivity contribution >= 4 is 17.5 Å². The van der Waals surface area contributed by atoms with Gasteiger partial charge in [0.15, 0.2) is 0 Å². The van der Waals surface area contributed by atoms with Gasteiger partial charge in [0.1, 0.15) is 12.4 Å². The van der Waals surface area contributed by atoms with Crippen LogP contribution in [0.5, 0.6) is 5.75 Å². The number of halogens is 1. The van der Waals surface area contributed by atoms with Gasteiger partial charge in [-0.15, -0.1) is 11.6 Å². The lowest BCUT2D eigenvalue weighted by Gasteiger charge is -2.32. The molecule has 4 nitrogen and oxygen atoms in total. The predicted molar refractivity (Wildman–Crippen MR) is 121 cm³/mol. The van der Waals surface area contributed by atoms with E-state index < -0.39 is 11.6 Å². The Hall–Kier alpha value is -2.04. The van der Waals surface area contributed by atoms with Gasteiger partial charge in [0.05, 0.1) is 22.4 Å². The summed E-state index contributed by atoms with van der Waals surface area (Å²) in [5.41, 5.74) is 0.637. The number of alkyl halides is 1. The first-order valence-electron chi connectivity index (χ1n) is 10.7. The number of hydrogen-bond donors (Lipinski definition) is 2. The minimum Gasteiger partial charge on any atom is -0.492 e. The van der Waals surface area contributed by atoms with Gasteiger partial charge in [0.2, 0.25) is 5.91 Å². The highest BCUT2D eigenvalue weighted by Gasteiger charge is 2.33. The van der Waals surface area contributed by atoms with E-state index in [4.69, 9.17) is 16.3 Å². The molecule has 5 heteroatoms. The first kappa shape index (κ1) is 22.6. The second kappa shape index (κ2) is 9.40. The summed E-state index contributed by atoms with van der Waals surface area (Å²) in [6.07, 6.45) is 4.28. The Balaban J connectivity index is 1.68. The lowest BCUT2D eigenvalue weighted by Crippen LogP contribution is -2.43. The summed E-state index contributed by atoms with van der Waals surface area (Å²) >= 11 is 6.59. The van der Waals surface area contributed by atoms with E-state index in [9.17, 15) is 9.90 Å². The number of hydrogen-bond acceptors (Lipinski definition) is 3. The Kier molecular flexibility index (Phi) is 7.10. The third-order valence-corrected chi connectivity index (χ3v) is 6.38. The maximum Gasteiger partial charge on any atom is 0.227 e. The molecule has 1 aliphatic rings. The third-order valence-electron chi connectivity index (χ3n) is 5.90.